The Bertz CT molecular complexity index is 409. The predicted octanol–water partition coefficient (Wildman–Crippen LogP) is 4.19. The number of alkyl halides is 3. The van der Waals surface area contributed by atoms with Gasteiger partial charge in [-0.1, -0.05) is 6.92 Å². The molecule has 0 heterocycles. The van der Waals surface area contributed by atoms with Crippen molar-refractivity contribution < 1.29 is 17.9 Å². The fourth-order valence-electron chi connectivity index (χ4n) is 1.81. The van der Waals surface area contributed by atoms with Crippen LogP contribution in [0.1, 0.15) is 26.7 Å². The molecule has 0 amide bonds. The van der Waals surface area contributed by atoms with E-state index in [1.54, 1.807) is 12.1 Å². The Kier molecular flexibility index (Phi) is 3.17. The van der Waals surface area contributed by atoms with Gasteiger partial charge in [0, 0.05) is 11.7 Å². The van der Waals surface area contributed by atoms with E-state index >= 15 is 0 Å². The summed E-state index contributed by atoms with van der Waals surface area (Å²) in [7, 11) is 0. The third-order valence-corrected chi connectivity index (χ3v) is 3.56. The van der Waals surface area contributed by atoms with Gasteiger partial charge in [-0.05, 0) is 49.4 Å². The smallest absolute Gasteiger partial charge is 0.406 e. The van der Waals surface area contributed by atoms with Crippen LogP contribution in [-0.4, -0.2) is 12.4 Å². The molecule has 1 N–H and O–H groups in total. The van der Waals surface area contributed by atoms with Gasteiger partial charge in [-0.15, -0.1) is 13.2 Å². The molecule has 1 aliphatic rings. The summed E-state index contributed by atoms with van der Waals surface area (Å²) in [5.41, 5.74) is 1.13. The maximum atomic E-state index is 12.0. The Balaban J connectivity index is 1.95. The number of rotatable bonds is 4. The number of anilines is 1. The van der Waals surface area contributed by atoms with Gasteiger partial charge in [0.15, 0.2) is 0 Å². The van der Waals surface area contributed by atoms with E-state index in [0.717, 1.165) is 5.69 Å². The quantitative estimate of drug-likeness (QED) is 0.875. The van der Waals surface area contributed by atoms with Crippen molar-refractivity contribution in [2.75, 3.05) is 5.32 Å². The first-order valence-electron chi connectivity index (χ1n) is 5.91. The topological polar surface area (TPSA) is 21.3 Å². The average molecular weight is 259 g/mol. The van der Waals surface area contributed by atoms with Gasteiger partial charge in [0.2, 0.25) is 0 Å². The number of halogens is 3. The van der Waals surface area contributed by atoms with E-state index in [4.69, 9.17) is 0 Å². The Labute approximate surface area is 104 Å². The van der Waals surface area contributed by atoms with E-state index in [-0.39, 0.29) is 5.75 Å². The van der Waals surface area contributed by atoms with Crippen LogP contribution in [0.4, 0.5) is 18.9 Å². The number of ether oxygens (including phenoxy) is 1. The van der Waals surface area contributed by atoms with Crippen molar-refractivity contribution >= 4 is 5.69 Å². The molecule has 1 atom stereocenters. The molecule has 0 aliphatic heterocycles. The molecule has 1 fully saturated rings. The van der Waals surface area contributed by atoms with Crippen molar-refractivity contribution in [3.8, 4) is 5.75 Å². The van der Waals surface area contributed by atoms with Gasteiger partial charge in [0.25, 0.3) is 0 Å². The highest BCUT2D eigenvalue weighted by Gasteiger charge is 2.42. The molecule has 0 radical (unpaired) electrons. The number of benzene rings is 1. The van der Waals surface area contributed by atoms with Gasteiger partial charge in [-0.25, -0.2) is 0 Å². The van der Waals surface area contributed by atoms with E-state index in [1.807, 2.05) is 0 Å². The molecular formula is C13H16F3NO. The molecule has 5 heteroatoms. The fraction of sp³-hybridized carbons (Fsp3) is 0.538. The van der Waals surface area contributed by atoms with E-state index in [2.05, 4.69) is 23.9 Å². The van der Waals surface area contributed by atoms with Crippen LogP contribution in [0.3, 0.4) is 0 Å². The SMILES string of the molecule is CC(Nc1ccc(OC(F)(F)F)cc1)C1(C)CC1. The highest BCUT2D eigenvalue weighted by Crippen LogP contribution is 2.48. The second kappa shape index (κ2) is 4.37. The molecule has 1 unspecified atom stereocenters. The average Bonchev–Trinajstić information content (AvgIpc) is 2.99. The molecule has 1 aliphatic carbocycles. The first-order valence-corrected chi connectivity index (χ1v) is 5.91. The molecule has 0 spiro atoms. The lowest BCUT2D eigenvalue weighted by Crippen LogP contribution is -2.24. The van der Waals surface area contributed by atoms with Gasteiger partial charge >= 0.3 is 6.36 Å². The fourth-order valence-corrected chi connectivity index (χ4v) is 1.81. The Morgan fingerprint density at radius 2 is 1.78 bits per heavy atom. The lowest BCUT2D eigenvalue weighted by molar-refractivity contribution is -0.274. The van der Waals surface area contributed by atoms with Crippen molar-refractivity contribution in [1.29, 1.82) is 0 Å². The van der Waals surface area contributed by atoms with Crippen molar-refractivity contribution in [1.82, 2.24) is 0 Å². The van der Waals surface area contributed by atoms with Gasteiger partial charge in [0.05, 0.1) is 0 Å². The summed E-state index contributed by atoms with van der Waals surface area (Å²) in [5.74, 6) is -0.196. The molecule has 1 saturated carbocycles. The van der Waals surface area contributed by atoms with Crippen molar-refractivity contribution in [3.05, 3.63) is 24.3 Å². The summed E-state index contributed by atoms with van der Waals surface area (Å²) >= 11 is 0. The van der Waals surface area contributed by atoms with E-state index < -0.39 is 6.36 Å². The normalized spacial score (nSPS) is 19.2. The number of nitrogens with one attached hydrogen (secondary N) is 1. The molecule has 1 aromatic rings. The van der Waals surface area contributed by atoms with E-state index in [9.17, 15) is 13.2 Å². The van der Waals surface area contributed by atoms with Crippen molar-refractivity contribution in [3.63, 3.8) is 0 Å². The van der Waals surface area contributed by atoms with Crippen LogP contribution in [-0.2, 0) is 0 Å². The minimum atomic E-state index is -4.64. The molecular weight excluding hydrogens is 243 g/mol. The number of hydrogen-bond acceptors (Lipinski definition) is 2. The number of hydrogen-bond donors (Lipinski definition) is 1. The van der Waals surface area contributed by atoms with Crippen LogP contribution < -0.4 is 10.1 Å². The minimum Gasteiger partial charge on any atom is -0.406 e. The predicted molar refractivity (Wildman–Crippen MR) is 63.6 cm³/mol. The van der Waals surface area contributed by atoms with E-state index in [1.165, 1.54) is 25.0 Å². The van der Waals surface area contributed by atoms with Crippen molar-refractivity contribution in [2.24, 2.45) is 5.41 Å². The molecule has 0 aromatic heterocycles. The first-order chi connectivity index (χ1) is 8.28. The zero-order chi connectivity index (χ0) is 13.4. The highest BCUT2D eigenvalue weighted by atomic mass is 19.4. The van der Waals surface area contributed by atoms with Crippen LogP contribution in [0.25, 0.3) is 0 Å². The molecule has 100 valence electrons. The van der Waals surface area contributed by atoms with Crippen molar-refractivity contribution in [2.45, 2.75) is 39.1 Å². The summed E-state index contributed by atoms with van der Waals surface area (Å²) in [6.07, 6.45) is -2.25. The largest absolute Gasteiger partial charge is 0.573 e. The third-order valence-electron chi connectivity index (χ3n) is 3.56. The van der Waals surface area contributed by atoms with Crippen LogP contribution in [0, 0.1) is 5.41 Å². The zero-order valence-electron chi connectivity index (χ0n) is 10.3. The zero-order valence-corrected chi connectivity index (χ0v) is 10.3. The van der Waals surface area contributed by atoms with Crippen LogP contribution in [0.15, 0.2) is 24.3 Å². The standard InChI is InChI=1S/C13H16F3NO/c1-9(12(2)7-8-12)17-10-3-5-11(6-4-10)18-13(14,15)16/h3-6,9,17H,7-8H2,1-2H3. The second-order valence-electron chi connectivity index (χ2n) is 5.09. The summed E-state index contributed by atoms with van der Waals surface area (Å²) in [6, 6.07) is 6.15. The van der Waals surface area contributed by atoms with Gasteiger partial charge in [-0.3, -0.25) is 0 Å². The van der Waals surface area contributed by atoms with Gasteiger partial charge < -0.3 is 10.1 Å². The monoisotopic (exact) mass is 259 g/mol. The maximum absolute atomic E-state index is 12.0. The molecule has 1 aromatic carbocycles. The maximum Gasteiger partial charge on any atom is 0.573 e. The minimum absolute atomic E-state index is 0.196. The lowest BCUT2D eigenvalue weighted by Gasteiger charge is -2.21. The summed E-state index contributed by atoms with van der Waals surface area (Å²) in [6.45, 7) is 4.29. The van der Waals surface area contributed by atoms with Gasteiger partial charge in [0.1, 0.15) is 5.75 Å². The summed E-state index contributed by atoms with van der Waals surface area (Å²) < 4.78 is 39.7. The molecule has 0 saturated heterocycles. The second-order valence-corrected chi connectivity index (χ2v) is 5.09. The Morgan fingerprint density at radius 1 is 1.22 bits per heavy atom. The summed E-state index contributed by atoms with van der Waals surface area (Å²) in [4.78, 5) is 0. The molecule has 18 heavy (non-hydrogen) atoms. The van der Waals surface area contributed by atoms with E-state index in [0.29, 0.717) is 11.5 Å². The third kappa shape index (κ3) is 3.31. The van der Waals surface area contributed by atoms with Crippen LogP contribution in [0.5, 0.6) is 5.75 Å². The molecule has 0 bridgehead atoms. The Hall–Kier alpha value is -1.39. The first kappa shape index (κ1) is 13.1. The van der Waals surface area contributed by atoms with Crippen LogP contribution >= 0.6 is 0 Å². The Morgan fingerprint density at radius 3 is 2.22 bits per heavy atom. The lowest BCUT2D eigenvalue weighted by atomic mass is 10.0. The van der Waals surface area contributed by atoms with Gasteiger partial charge in [-0.2, -0.15) is 0 Å². The molecule has 2 nitrogen and oxygen atoms in total. The van der Waals surface area contributed by atoms with Crippen LogP contribution in [0.2, 0.25) is 0 Å². The molecule has 2 rings (SSSR count). The highest BCUT2D eigenvalue weighted by molar-refractivity contribution is 5.47. The summed E-state index contributed by atoms with van der Waals surface area (Å²) in [5, 5.41) is 3.30.